The van der Waals surface area contributed by atoms with Crippen LogP contribution >= 0.6 is 11.3 Å². The van der Waals surface area contributed by atoms with E-state index >= 15 is 0 Å². The molecule has 0 aliphatic heterocycles. The van der Waals surface area contributed by atoms with E-state index in [2.05, 4.69) is 5.32 Å². The van der Waals surface area contributed by atoms with Gasteiger partial charge in [-0.25, -0.2) is 0 Å². The Bertz CT molecular complexity index is 519. The molecule has 3 nitrogen and oxygen atoms in total. The van der Waals surface area contributed by atoms with E-state index in [-0.39, 0.29) is 11.7 Å². The molecule has 0 atom stereocenters. The maximum absolute atomic E-state index is 11.7. The van der Waals surface area contributed by atoms with Crippen molar-refractivity contribution in [3.8, 4) is 5.75 Å². The molecule has 0 unspecified atom stereocenters. The van der Waals surface area contributed by atoms with Gasteiger partial charge in [0.2, 0.25) is 0 Å². The number of phenols is 1. The van der Waals surface area contributed by atoms with Gasteiger partial charge in [-0.05, 0) is 30.0 Å². The third-order valence-electron chi connectivity index (χ3n) is 2.35. The SMILES string of the molecule is CCCNC(=O)c1cc(O)c2ccsc2c1. The lowest BCUT2D eigenvalue weighted by atomic mass is 10.1. The maximum Gasteiger partial charge on any atom is 0.251 e. The molecular formula is C12H13NO2S. The van der Waals surface area contributed by atoms with Crippen LogP contribution in [0.25, 0.3) is 10.1 Å². The van der Waals surface area contributed by atoms with E-state index in [0.717, 1.165) is 16.5 Å². The van der Waals surface area contributed by atoms with Crippen LogP contribution in [0.3, 0.4) is 0 Å². The molecule has 1 aromatic carbocycles. The molecule has 0 saturated heterocycles. The highest BCUT2D eigenvalue weighted by Crippen LogP contribution is 2.30. The van der Waals surface area contributed by atoms with E-state index in [4.69, 9.17) is 0 Å². The summed E-state index contributed by atoms with van der Waals surface area (Å²) in [4.78, 5) is 11.7. The van der Waals surface area contributed by atoms with Gasteiger partial charge >= 0.3 is 0 Å². The molecule has 1 amide bonds. The Morgan fingerprint density at radius 2 is 2.31 bits per heavy atom. The van der Waals surface area contributed by atoms with Crippen molar-refractivity contribution in [1.29, 1.82) is 0 Å². The van der Waals surface area contributed by atoms with Gasteiger partial charge in [0.15, 0.2) is 0 Å². The van der Waals surface area contributed by atoms with Gasteiger partial charge in [-0.15, -0.1) is 11.3 Å². The minimum Gasteiger partial charge on any atom is -0.507 e. The average Bonchev–Trinajstić information content (AvgIpc) is 2.74. The van der Waals surface area contributed by atoms with E-state index in [9.17, 15) is 9.90 Å². The van der Waals surface area contributed by atoms with E-state index in [1.165, 1.54) is 17.4 Å². The van der Waals surface area contributed by atoms with Crippen molar-refractivity contribution in [3.05, 3.63) is 29.1 Å². The summed E-state index contributed by atoms with van der Waals surface area (Å²) in [5.41, 5.74) is 0.515. The van der Waals surface area contributed by atoms with Gasteiger partial charge in [0.05, 0.1) is 0 Å². The summed E-state index contributed by atoms with van der Waals surface area (Å²) in [7, 11) is 0. The Hall–Kier alpha value is -1.55. The fraction of sp³-hybridized carbons (Fsp3) is 0.250. The van der Waals surface area contributed by atoms with Crippen molar-refractivity contribution in [2.24, 2.45) is 0 Å². The lowest BCUT2D eigenvalue weighted by molar-refractivity contribution is 0.0953. The molecule has 16 heavy (non-hydrogen) atoms. The molecule has 0 fully saturated rings. The molecule has 0 aliphatic rings. The zero-order chi connectivity index (χ0) is 11.5. The standard InChI is InChI=1S/C12H13NO2S/c1-2-4-13-12(15)8-6-10(14)9-3-5-16-11(9)7-8/h3,5-7,14H,2,4H2,1H3,(H,13,15). The number of hydrogen-bond acceptors (Lipinski definition) is 3. The topological polar surface area (TPSA) is 49.3 Å². The monoisotopic (exact) mass is 235 g/mol. The van der Waals surface area contributed by atoms with Crippen LogP contribution in [-0.2, 0) is 0 Å². The number of phenolic OH excluding ortho intramolecular Hbond substituents is 1. The third-order valence-corrected chi connectivity index (χ3v) is 3.21. The van der Waals surface area contributed by atoms with Crippen LogP contribution in [0, 0.1) is 0 Å². The van der Waals surface area contributed by atoms with E-state index < -0.39 is 0 Å². The Morgan fingerprint density at radius 3 is 3.06 bits per heavy atom. The third kappa shape index (κ3) is 2.02. The number of aromatic hydroxyl groups is 1. The highest BCUT2D eigenvalue weighted by atomic mass is 32.1. The fourth-order valence-corrected chi connectivity index (χ4v) is 2.37. The van der Waals surface area contributed by atoms with Crippen LogP contribution in [0.15, 0.2) is 23.6 Å². The largest absolute Gasteiger partial charge is 0.507 e. The molecular weight excluding hydrogens is 222 g/mol. The molecule has 1 aromatic heterocycles. The quantitative estimate of drug-likeness (QED) is 0.859. The Morgan fingerprint density at radius 1 is 1.50 bits per heavy atom. The first-order valence-electron chi connectivity index (χ1n) is 5.20. The maximum atomic E-state index is 11.7. The number of fused-ring (bicyclic) bond motifs is 1. The Labute approximate surface area is 97.7 Å². The van der Waals surface area contributed by atoms with Crippen LogP contribution in [-0.4, -0.2) is 17.6 Å². The first-order valence-corrected chi connectivity index (χ1v) is 6.08. The molecule has 0 aliphatic carbocycles. The minimum absolute atomic E-state index is 0.132. The molecule has 4 heteroatoms. The second-order valence-corrected chi connectivity index (χ2v) is 4.53. The summed E-state index contributed by atoms with van der Waals surface area (Å²) < 4.78 is 0.932. The van der Waals surface area contributed by atoms with Crippen molar-refractivity contribution >= 4 is 27.3 Å². The van der Waals surface area contributed by atoms with Gasteiger partial charge in [0, 0.05) is 22.2 Å². The van der Waals surface area contributed by atoms with Crippen molar-refractivity contribution in [2.45, 2.75) is 13.3 Å². The van der Waals surface area contributed by atoms with Crippen LogP contribution in [0.4, 0.5) is 0 Å². The van der Waals surface area contributed by atoms with Gasteiger partial charge in [-0.3, -0.25) is 4.79 Å². The van der Waals surface area contributed by atoms with Crippen molar-refractivity contribution < 1.29 is 9.90 Å². The highest BCUT2D eigenvalue weighted by molar-refractivity contribution is 7.17. The van der Waals surface area contributed by atoms with Gasteiger partial charge in [-0.2, -0.15) is 0 Å². The molecule has 2 rings (SSSR count). The summed E-state index contributed by atoms with van der Waals surface area (Å²) >= 11 is 1.52. The summed E-state index contributed by atoms with van der Waals surface area (Å²) in [6, 6.07) is 5.17. The number of carbonyl (C=O) groups excluding carboxylic acids is 1. The molecule has 1 heterocycles. The number of hydrogen-bond donors (Lipinski definition) is 2. The molecule has 84 valence electrons. The van der Waals surface area contributed by atoms with Crippen LogP contribution in [0.1, 0.15) is 23.7 Å². The van der Waals surface area contributed by atoms with E-state index in [1.807, 2.05) is 24.4 Å². The number of nitrogens with one attached hydrogen (secondary N) is 1. The lowest BCUT2D eigenvalue weighted by Crippen LogP contribution is -2.23. The van der Waals surface area contributed by atoms with Crippen LogP contribution in [0.2, 0.25) is 0 Å². The summed E-state index contributed by atoms with van der Waals surface area (Å²) in [6.45, 7) is 2.66. The summed E-state index contributed by atoms with van der Waals surface area (Å²) in [5, 5.41) is 15.2. The van der Waals surface area contributed by atoms with E-state index in [1.54, 1.807) is 0 Å². The van der Waals surface area contributed by atoms with Crippen molar-refractivity contribution in [3.63, 3.8) is 0 Å². The normalized spacial score (nSPS) is 10.6. The average molecular weight is 235 g/mol. The molecule has 0 saturated carbocycles. The van der Waals surface area contributed by atoms with Gasteiger partial charge < -0.3 is 10.4 Å². The first kappa shape index (κ1) is 11.0. The predicted octanol–water partition coefficient (Wildman–Crippen LogP) is 2.75. The number of amides is 1. The highest BCUT2D eigenvalue weighted by Gasteiger charge is 2.09. The number of thiophene rings is 1. The fourth-order valence-electron chi connectivity index (χ4n) is 1.52. The smallest absolute Gasteiger partial charge is 0.251 e. The summed E-state index contributed by atoms with van der Waals surface area (Å²) in [5.74, 6) is 0.0350. The zero-order valence-corrected chi connectivity index (χ0v) is 9.80. The number of carbonyl (C=O) groups is 1. The second kappa shape index (κ2) is 4.53. The molecule has 2 N–H and O–H groups in total. The Kier molecular flexibility index (Phi) is 3.10. The number of benzene rings is 1. The zero-order valence-electron chi connectivity index (χ0n) is 8.99. The molecule has 0 radical (unpaired) electrons. The van der Waals surface area contributed by atoms with Gasteiger partial charge in [0.25, 0.3) is 5.91 Å². The van der Waals surface area contributed by atoms with Crippen LogP contribution < -0.4 is 5.32 Å². The second-order valence-electron chi connectivity index (χ2n) is 3.58. The molecule has 0 bridgehead atoms. The van der Waals surface area contributed by atoms with Gasteiger partial charge in [0.1, 0.15) is 5.75 Å². The lowest BCUT2D eigenvalue weighted by Gasteiger charge is -2.04. The van der Waals surface area contributed by atoms with Crippen molar-refractivity contribution in [2.75, 3.05) is 6.54 Å². The molecule has 0 spiro atoms. The predicted molar refractivity (Wildman–Crippen MR) is 66.1 cm³/mol. The van der Waals surface area contributed by atoms with Gasteiger partial charge in [-0.1, -0.05) is 6.92 Å². The van der Waals surface area contributed by atoms with Crippen LogP contribution in [0.5, 0.6) is 5.75 Å². The first-order chi connectivity index (χ1) is 7.72. The Balaban J connectivity index is 2.34. The number of rotatable bonds is 3. The summed E-state index contributed by atoms with van der Waals surface area (Å²) in [6.07, 6.45) is 0.902. The van der Waals surface area contributed by atoms with Crippen molar-refractivity contribution in [1.82, 2.24) is 5.32 Å². The minimum atomic E-state index is -0.132. The van der Waals surface area contributed by atoms with E-state index in [0.29, 0.717) is 12.1 Å². The molecule has 2 aromatic rings.